The zero-order valence-corrected chi connectivity index (χ0v) is 15.8. The molecule has 27 heavy (non-hydrogen) atoms. The van der Waals surface area contributed by atoms with Gasteiger partial charge >= 0.3 is 0 Å². The Hall–Kier alpha value is -2.21. The predicted molar refractivity (Wildman–Crippen MR) is 103 cm³/mol. The molecule has 2 aliphatic rings. The molecule has 2 aliphatic heterocycles. The Morgan fingerprint density at radius 2 is 1.96 bits per heavy atom. The Morgan fingerprint density at radius 3 is 2.81 bits per heavy atom. The van der Waals surface area contributed by atoms with E-state index in [1.54, 1.807) is 12.1 Å². The molecule has 4 nitrogen and oxygen atoms in total. The third-order valence-electron chi connectivity index (χ3n) is 4.93. The fourth-order valence-corrected chi connectivity index (χ4v) is 4.51. The summed E-state index contributed by atoms with van der Waals surface area (Å²) in [6.45, 7) is 1.89. The van der Waals surface area contributed by atoms with Gasteiger partial charge in [0.2, 0.25) is 5.91 Å². The first-order chi connectivity index (χ1) is 13.2. The number of fused-ring (bicyclic) bond motifs is 1. The molecule has 0 spiro atoms. The molecule has 0 radical (unpaired) electrons. The number of ether oxygens (including phenoxy) is 2. The molecule has 0 aromatic heterocycles. The van der Waals surface area contributed by atoms with Crippen molar-refractivity contribution in [1.29, 1.82) is 0 Å². The highest BCUT2D eigenvalue weighted by atomic mass is 32.2. The molecule has 0 aliphatic carbocycles. The molecule has 4 rings (SSSR count). The molecule has 1 saturated heterocycles. The third kappa shape index (κ3) is 4.05. The minimum Gasteiger partial charge on any atom is -0.486 e. The molecular formula is C21H22FNO3S. The largest absolute Gasteiger partial charge is 0.486 e. The number of rotatable bonds is 5. The Kier molecular flexibility index (Phi) is 5.53. The van der Waals surface area contributed by atoms with Crippen molar-refractivity contribution in [2.24, 2.45) is 0 Å². The lowest BCUT2D eigenvalue weighted by Crippen LogP contribution is -2.30. The average molecular weight is 387 g/mol. The summed E-state index contributed by atoms with van der Waals surface area (Å²) in [6.07, 6.45) is 2.34. The van der Waals surface area contributed by atoms with Gasteiger partial charge in [-0.25, -0.2) is 4.39 Å². The maximum atomic E-state index is 13.7. The number of hydrogen-bond donors (Lipinski definition) is 0. The molecular weight excluding hydrogens is 365 g/mol. The lowest BCUT2D eigenvalue weighted by molar-refractivity contribution is -0.131. The van der Waals surface area contributed by atoms with Gasteiger partial charge in [0, 0.05) is 23.6 Å². The first kappa shape index (κ1) is 18.2. The zero-order chi connectivity index (χ0) is 18.6. The van der Waals surface area contributed by atoms with Crippen molar-refractivity contribution in [3.63, 3.8) is 0 Å². The van der Waals surface area contributed by atoms with E-state index in [1.165, 1.54) is 17.8 Å². The summed E-state index contributed by atoms with van der Waals surface area (Å²) in [5.41, 5.74) is 1.09. The fourth-order valence-electron chi connectivity index (χ4n) is 3.63. The number of hydrogen-bond acceptors (Lipinski definition) is 4. The molecule has 2 aromatic rings. The molecule has 0 bridgehead atoms. The Morgan fingerprint density at radius 1 is 1.15 bits per heavy atom. The monoisotopic (exact) mass is 387 g/mol. The van der Waals surface area contributed by atoms with Crippen LogP contribution in [0.2, 0.25) is 0 Å². The summed E-state index contributed by atoms with van der Waals surface area (Å²) in [5, 5.41) is 0. The number of likely N-dealkylation sites (tertiary alicyclic amines) is 1. The summed E-state index contributed by atoms with van der Waals surface area (Å²) in [4.78, 5) is 15.3. The molecule has 0 unspecified atom stereocenters. The van der Waals surface area contributed by atoms with Crippen molar-refractivity contribution in [3.8, 4) is 11.5 Å². The minimum absolute atomic E-state index is 0.0757. The van der Waals surface area contributed by atoms with Crippen LogP contribution in [0.1, 0.15) is 30.9 Å². The number of amides is 1. The maximum absolute atomic E-state index is 13.7. The van der Waals surface area contributed by atoms with Crippen molar-refractivity contribution in [1.82, 2.24) is 4.90 Å². The number of halogens is 1. The molecule has 6 heteroatoms. The van der Waals surface area contributed by atoms with Gasteiger partial charge in [0.1, 0.15) is 19.0 Å². The number of nitrogens with zero attached hydrogens (tertiary/aromatic N) is 1. The van der Waals surface area contributed by atoms with Gasteiger partial charge in [0.05, 0.1) is 6.04 Å². The topological polar surface area (TPSA) is 38.8 Å². The maximum Gasteiger partial charge on any atom is 0.223 e. The van der Waals surface area contributed by atoms with Crippen LogP contribution >= 0.6 is 11.8 Å². The first-order valence-electron chi connectivity index (χ1n) is 9.29. The molecule has 0 N–H and O–H groups in total. The van der Waals surface area contributed by atoms with Crippen molar-refractivity contribution >= 4 is 17.7 Å². The third-order valence-corrected chi connectivity index (χ3v) is 5.98. The highest BCUT2D eigenvalue weighted by Gasteiger charge is 2.30. The molecule has 1 fully saturated rings. The van der Waals surface area contributed by atoms with Crippen molar-refractivity contribution in [2.75, 3.05) is 25.5 Å². The highest BCUT2D eigenvalue weighted by molar-refractivity contribution is 7.99. The van der Waals surface area contributed by atoms with Gasteiger partial charge in [0.25, 0.3) is 0 Å². The summed E-state index contributed by atoms with van der Waals surface area (Å²) in [7, 11) is 0. The van der Waals surface area contributed by atoms with Crippen LogP contribution in [0.15, 0.2) is 47.4 Å². The number of thioether (sulfide) groups is 1. The number of benzene rings is 2. The van der Waals surface area contributed by atoms with E-state index in [4.69, 9.17) is 9.47 Å². The van der Waals surface area contributed by atoms with Gasteiger partial charge in [-0.05, 0) is 42.7 Å². The summed E-state index contributed by atoms with van der Waals surface area (Å²) < 4.78 is 25.0. The van der Waals surface area contributed by atoms with Crippen LogP contribution in [-0.2, 0) is 4.79 Å². The van der Waals surface area contributed by atoms with E-state index < -0.39 is 0 Å². The highest BCUT2D eigenvalue weighted by Crippen LogP contribution is 2.38. The molecule has 2 heterocycles. The van der Waals surface area contributed by atoms with Gasteiger partial charge in [-0.1, -0.05) is 18.2 Å². The van der Waals surface area contributed by atoms with Crippen LogP contribution in [0.25, 0.3) is 0 Å². The Bertz CT molecular complexity index is 829. The van der Waals surface area contributed by atoms with Crippen LogP contribution in [0.3, 0.4) is 0 Å². The number of carbonyl (C=O) groups is 1. The second kappa shape index (κ2) is 8.21. The van der Waals surface area contributed by atoms with Crippen molar-refractivity contribution < 1.29 is 18.7 Å². The summed E-state index contributed by atoms with van der Waals surface area (Å²) in [5.74, 6) is 1.99. The molecule has 2 aromatic carbocycles. The van der Waals surface area contributed by atoms with E-state index in [9.17, 15) is 9.18 Å². The number of carbonyl (C=O) groups excluding carboxylic acids is 1. The molecule has 0 saturated carbocycles. The quantitative estimate of drug-likeness (QED) is 0.711. The molecule has 142 valence electrons. The van der Waals surface area contributed by atoms with E-state index >= 15 is 0 Å². The Labute approximate surface area is 162 Å². The SMILES string of the molecule is O=C(CCSc1ccccc1F)N1CCC[C@@H]1c1ccc2c(c1)OCCO2. The fraction of sp³-hybridized carbons (Fsp3) is 0.381. The van der Waals surface area contributed by atoms with E-state index in [0.717, 1.165) is 36.4 Å². The van der Waals surface area contributed by atoms with Crippen LogP contribution in [0.4, 0.5) is 4.39 Å². The molecule has 1 amide bonds. The van der Waals surface area contributed by atoms with Crippen molar-refractivity contribution in [3.05, 3.63) is 53.8 Å². The second-order valence-electron chi connectivity index (χ2n) is 6.68. The van der Waals surface area contributed by atoms with Gasteiger partial charge in [-0.2, -0.15) is 0 Å². The second-order valence-corrected chi connectivity index (χ2v) is 7.81. The Balaban J connectivity index is 1.39. The minimum atomic E-state index is -0.231. The lowest BCUT2D eigenvalue weighted by Gasteiger charge is -2.27. The molecule has 1 atom stereocenters. The predicted octanol–water partition coefficient (Wildman–Crippen LogP) is 4.44. The van der Waals surface area contributed by atoms with E-state index in [1.807, 2.05) is 29.2 Å². The van der Waals surface area contributed by atoms with Crippen LogP contribution in [0, 0.1) is 5.82 Å². The first-order valence-corrected chi connectivity index (χ1v) is 10.3. The van der Waals surface area contributed by atoms with Gasteiger partial charge in [-0.3, -0.25) is 4.79 Å². The standard InChI is InChI=1S/C21H22FNO3S/c22-16-4-1-2-6-20(16)27-13-9-21(24)23-10-3-5-17(23)15-7-8-18-19(14-15)26-12-11-25-18/h1-2,4,6-8,14,17H,3,5,9-13H2/t17-/m1/s1. The van der Waals surface area contributed by atoms with Gasteiger partial charge in [-0.15, -0.1) is 11.8 Å². The summed E-state index contributed by atoms with van der Waals surface area (Å²) >= 11 is 1.39. The average Bonchev–Trinajstić information content (AvgIpc) is 3.19. The van der Waals surface area contributed by atoms with E-state index in [-0.39, 0.29) is 17.8 Å². The van der Waals surface area contributed by atoms with E-state index in [0.29, 0.717) is 30.3 Å². The van der Waals surface area contributed by atoms with Gasteiger partial charge < -0.3 is 14.4 Å². The zero-order valence-electron chi connectivity index (χ0n) is 15.0. The smallest absolute Gasteiger partial charge is 0.223 e. The van der Waals surface area contributed by atoms with Crippen LogP contribution in [0.5, 0.6) is 11.5 Å². The van der Waals surface area contributed by atoms with Crippen LogP contribution < -0.4 is 9.47 Å². The van der Waals surface area contributed by atoms with Gasteiger partial charge in [0.15, 0.2) is 11.5 Å². The normalized spacial score (nSPS) is 18.6. The van der Waals surface area contributed by atoms with Crippen molar-refractivity contribution in [2.45, 2.75) is 30.2 Å². The van der Waals surface area contributed by atoms with Crippen LogP contribution in [-0.4, -0.2) is 36.3 Å². The lowest BCUT2D eigenvalue weighted by atomic mass is 10.0. The summed E-state index contributed by atoms with van der Waals surface area (Å²) in [6, 6.07) is 12.7. The van der Waals surface area contributed by atoms with E-state index in [2.05, 4.69) is 0 Å².